The number of amides is 1. The quantitative estimate of drug-likeness (QED) is 0.723. The van der Waals surface area contributed by atoms with Gasteiger partial charge in [0.25, 0.3) is 0 Å². The summed E-state index contributed by atoms with van der Waals surface area (Å²) >= 11 is 5.13. The van der Waals surface area contributed by atoms with Gasteiger partial charge in [-0.05, 0) is 58.7 Å². The molecule has 2 atom stereocenters. The highest BCUT2D eigenvalue weighted by Gasteiger charge is 2.35. The lowest BCUT2D eigenvalue weighted by Gasteiger charge is -2.29. The fraction of sp³-hybridized carbons (Fsp3) is 0.846. The minimum atomic E-state index is -0.516. The third-order valence-electron chi connectivity index (χ3n) is 3.24. The van der Waals surface area contributed by atoms with Crippen molar-refractivity contribution in [1.29, 1.82) is 0 Å². The first-order valence-corrected chi connectivity index (χ1v) is 7.18. The molecule has 0 spiro atoms. The van der Waals surface area contributed by atoms with Crippen LogP contribution in [0.2, 0.25) is 0 Å². The van der Waals surface area contributed by atoms with E-state index in [2.05, 4.69) is 10.6 Å². The molecule has 1 amide bonds. The number of carbonyl (C=O) groups excluding carboxylic acids is 1. The lowest BCUT2D eigenvalue weighted by molar-refractivity contribution is -0.00558. The Bertz CT molecular complexity index is 355. The number of nitrogens with one attached hydrogen (secondary N) is 2. The monoisotopic (exact) mass is 286 g/mol. The zero-order chi connectivity index (χ0) is 14.0. The largest absolute Gasteiger partial charge is 0.444 e. The molecule has 0 aromatic rings. The Labute approximate surface area is 119 Å². The van der Waals surface area contributed by atoms with Gasteiger partial charge in [0.2, 0.25) is 0 Å². The van der Waals surface area contributed by atoms with E-state index in [-0.39, 0.29) is 6.04 Å². The summed E-state index contributed by atoms with van der Waals surface area (Å²) in [5.41, 5.74) is -0.516. The molecule has 5 nitrogen and oxygen atoms in total. The van der Waals surface area contributed by atoms with E-state index in [0.29, 0.717) is 17.3 Å². The molecule has 2 heterocycles. The van der Waals surface area contributed by atoms with Crippen molar-refractivity contribution >= 4 is 23.4 Å². The molecular formula is C13H22N2O3S. The molecule has 2 unspecified atom stereocenters. The Morgan fingerprint density at radius 2 is 1.84 bits per heavy atom. The minimum absolute atomic E-state index is 0.286. The molecule has 0 aromatic carbocycles. The molecule has 2 N–H and O–H groups in total. The minimum Gasteiger partial charge on any atom is -0.444 e. The highest BCUT2D eigenvalue weighted by molar-refractivity contribution is 7.80. The van der Waals surface area contributed by atoms with Crippen LogP contribution in [-0.2, 0) is 9.47 Å². The van der Waals surface area contributed by atoms with E-state index in [1.165, 1.54) is 0 Å². The number of hydrogen-bond acceptors (Lipinski definition) is 4. The summed E-state index contributed by atoms with van der Waals surface area (Å²) in [6, 6.07) is 0.286. The number of alkyl carbamates (subject to hydrolysis) is 1. The zero-order valence-corrected chi connectivity index (χ0v) is 12.5. The molecular weight excluding hydrogens is 264 g/mol. The highest BCUT2D eigenvalue weighted by atomic mass is 32.1. The van der Waals surface area contributed by atoms with Crippen LogP contribution in [0.3, 0.4) is 0 Å². The van der Waals surface area contributed by atoms with Crippen molar-refractivity contribution in [3.05, 3.63) is 0 Å². The number of hydrogen-bond donors (Lipinski definition) is 2. The number of thiocarbonyl (C=S) groups is 1. The van der Waals surface area contributed by atoms with Gasteiger partial charge >= 0.3 is 6.09 Å². The molecule has 2 rings (SSSR count). The number of carbonyl (C=O) groups is 1. The first kappa shape index (κ1) is 14.5. The van der Waals surface area contributed by atoms with Gasteiger partial charge in [-0.3, -0.25) is 5.32 Å². The third-order valence-corrected chi connectivity index (χ3v) is 3.46. The molecule has 0 saturated carbocycles. The third kappa shape index (κ3) is 4.62. The first-order valence-electron chi connectivity index (χ1n) is 6.78. The van der Waals surface area contributed by atoms with Crippen LogP contribution < -0.4 is 10.6 Å². The maximum absolute atomic E-state index is 11.6. The van der Waals surface area contributed by atoms with Crippen LogP contribution in [0.15, 0.2) is 0 Å². The molecule has 2 aliphatic heterocycles. The maximum Gasteiger partial charge on any atom is 0.413 e. The summed E-state index contributed by atoms with van der Waals surface area (Å²) in [5.74, 6) is 0. The highest BCUT2D eigenvalue weighted by Crippen LogP contribution is 2.32. The average Bonchev–Trinajstić information content (AvgIpc) is 2.54. The Morgan fingerprint density at radius 1 is 1.26 bits per heavy atom. The van der Waals surface area contributed by atoms with Gasteiger partial charge in [0, 0.05) is 6.04 Å². The molecule has 0 aliphatic carbocycles. The Balaban J connectivity index is 1.74. The fourth-order valence-electron chi connectivity index (χ4n) is 2.59. The normalized spacial score (nSPS) is 29.7. The van der Waals surface area contributed by atoms with Gasteiger partial charge in [0.15, 0.2) is 5.11 Å². The van der Waals surface area contributed by atoms with Crippen LogP contribution in [0.1, 0.15) is 46.5 Å². The van der Waals surface area contributed by atoms with Gasteiger partial charge in [0.05, 0.1) is 12.2 Å². The summed E-state index contributed by atoms with van der Waals surface area (Å²) in [7, 11) is 0. The number of ether oxygens (including phenoxy) is 2. The molecule has 108 valence electrons. The molecule has 0 aromatic heterocycles. The van der Waals surface area contributed by atoms with E-state index in [0.717, 1.165) is 25.7 Å². The first-order chi connectivity index (χ1) is 8.82. The van der Waals surface area contributed by atoms with Crippen molar-refractivity contribution in [2.24, 2.45) is 0 Å². The second-order valence-corrected chi connectivity index (χ2v) is 6.63. The fourth-order valence-corrected chi connectivity index (χ4v) is 2.84. The Hall–Kier alpha value is -0.880. The van der Waals surface area contributed by atoms with Crippen LogP contribution in [0, 0.1) is 0 Å². The van der Waals surface area contributed by atoms with Crippen molar-refractivity contribution in [2.75, 3.05) is 0 Å². The smallest absolute Gasteiger partial charge is 0.413 e. The van der Waals surface area contributed by atoms with E-state index in [9.17, 15) is 4.79 Å². The standard InChI is InChI=1S/C13H22N2O3S/c1-13(2,3)18-12(16)15-11(19)14-8-6-9-4-5-10(7-8)17-9/h8-10H,4-7H2,1-3H3,(H2,14,15,16,19). The van der Waals surface area contributed by atoms with Crippen molar-refractivity contribution in [3.63, 3.8) is 0 Å². The predicted molar refractivity (Wildman–Crippen MR) is 76.0 cm³/mol. The Kier molecular flexibility index (Phi) is 4.30. The van der Waals surface area contributed by atoms with Crippen LogP contribution in [-0.4, -0.2) is 35.1 Å². The second-order valence-electron chi connectivity index (χ2n) is 6.23. The summed E-state index contributed by atoms with van der Waals surface area (Å²) in [4.78, 5) is 11.6. The van der Waals surface area contributed by atoms with Gasteiger partial charge in [-0.25, -0.2) is 4.79 Å². The van der Waals surface area contributed by atoms with Gasteiger partial charge < -0.3 is 14.8 Å². The van der Waals surface area contributed by atoms with Crippen LogP contribution >= 0.6 is 12.2 Å². The van der Waals surface area contributed by atoms with E-state index in [1.54, 1.807) is 0 Å². The molecule has 2 aliphatic rings. The van der Waals surface area contributed by atoms with Crippen molar-refractivity contribution in [1.82, 2.24) is 10.6 Å². The van der Waals surface area contributed by atoms with E-state index in [4.69, 9.17) is 21.7 Å². The molecule has 2 bridgehead atoms. The van der Waals surface area contributed by atoms with Gasteiger partial charge in [-0.1, -0.05) is 0 Å². The van der Waals surface area contributed by atoms with Gasteiger partial charge in [-0.15, -0.1) is 0 Å². The molecule has 19 heavy (non-hydrogen) atoms. The number of rotatable bonds is 1. The summed E-state index contributed by atoms with van der Waals surface area (Å²) < 4.78 is 10.9. The van der Waals surface area contributed by atoms with E-state index in [1.807, 2.05) is 20.8 Å². The average molecular weight is 286 g/mol. The summed E-state index contributed by atoms with van der Waals surface area (Å²) in [6.45, 7) is 5.46. The molecule has 6 heteroatoms. The number of fused-ring (bicyclic) bond motifs is 2. The predicted octanol–water partition coefficient (Wildman–Crippen LogP) is 2.10. The molecule has 2 saturated heterocycles. The van der Waals surface area contributed by atoms with Crippen molar-refractivity contribution in [3.8, 4) is 0 Å². The SMILES string of the molecule is CC(C)(C)OC(=O)NC(=S)NC1CC2CCC(C1)O2. The van der Waals surface area contributed by atoms with Gasteiger partial charge in [-0.2, -0.15) is 0 Å². The molecule has 2 fully saturated rings. The lowest BCUT2D eigenvalue weighted by atomic mass is 10.0. The summed E-state index contributed by atoms with van der Waals surface area (Å²) in [5, 5.41) is 6.06. The van der Waals surface area contributed by atoms with Gasteiger partial charge in [0.1, 0.15) is 5.60 Å². The van der Waals surface area contributed by atoms with Crippen LogP contribution in [0.4, 0.5) is 4.79 Å². The lowest BCUT2D eigenvalue weighted by Crippen LogP contribution is -2.48. The second kappa shape index (κ2) is 5.63. The van der Waals surface area contributed by atoms with Crippen LogP contribution in [0.5, 0.6) is 0 Å². The summed E-state index contributed by atoms with van der Waals surface area (Å²) in [6.07, 6.45) is 4.35. The van der Waals surface area contributed by atoms with E-state index < -0.39 is 11.7 Å². The molecule has 0 radical (unpaired) electrons. The topological polar surface area (TPSA) is 59.6 Å². The van der Waals surface area contributed by atoms with Crippen LogP contribution in [0.25, 0.3) is 0 Å². The van der Waals surface area contributed by atoms with E-state index >= 15 is 0 Å². The van der Waals surface area contributed by atoms with Crippen molar-refractivity contribution < 1.29 is 14.3 Å². The maximum atomic E-state index is 11.6. The Morgan fingerprint density at radius 3 is 2.37 bits per heavy atom. The zero-order valence-electron chi connectivity index (χ0n) is 11.7. The van der Waals surface area contributed by atoms with Crippen molar-refractivity contribution in [2.45, 2.75) is 70.3 Å².